The summed E-state index contributed by atoms with van der Waals surface area (Å²) >= 11 is 0. The lowest BCUT2D eigenvalue weighted by molar-refractivity contribution is 0.0952. The van der Waals surface area contributed by atoms with Gasteiger partial charge in [0.1, 0.15) is 5.82 Å². The van der Waals surface area contributed by atoms with Gasteiger partial charge >= 0.3 is 0 Å². The van der Waals surface area contributed by atoms with Gasteiger partial charge in [-0.15, -0.1) is 0 Å². The first-order chi connectivity index (χ1) is 14.0. The molecule has 0 saturated heterocycles. The fourth-order valence-corrected chi connectivity index (χ4v) is 3.21. The Kier molecular flexibility index (Phi) is 5.04. The third-order valence-electron chi connectivity index (χ3n) is 4.99. The van der Waals surface area contributed by atoms with E-state index in [0.717, 1.165) is 16.7 Å². The number of halogens is 1. The van der Waals surface area contributed by atoms with E-state index in [2.05, 4.69) is 15.3 Å². The molecule has 2 heterocycles. The molecule has 0 aliphatic heterocycles. The van der Waals surface area contributed by atoms with E-state index < -0.39 is 5.82 Å². The van der Waals surface area contributed by atoms with Crippen molar-refractivity contribution in [1.82, 2.24) is 15.3 Å². The molecule has 0 aliphatic carbocycles. The van der Waals surface area contributed by atoms with Crippen LogP contribution in [0.3, 0.4) is 0 Å². The number of rotatable bonds is 4. The second-order valence-electron chi connectivity index (χ2n) is 7.06. The van der Waals surface area contributed by atoms with Gasteiger partial charge in [0, 0.05) is 29.9 Å². The van der Waals surface area contributed by atoms with Gasteiger partial charge in [-0.1, -0.05) is 18.2 Å². The molecule has 0 radical (unpaired) electrons. The quantitative estimate of drug-likeness (QED) is 0.539. The topological polar surface area (TPSA) is 54.9 Å². The maximum atomic E-state index is 13.9. The molecule has 4 nitrogen and oxygen atoms in total. The molecular weight excluding hydrogens is 365 g/mol. The van der Waals surface area contributed by atoms with Crippen LogP contribution < -0.4 is 5.32 Å². The number of nitrogens with one attached hydrogen (secondary N) is 1. The van der Waals surface area contributed by atoms with Gasteiger partial charge in [0.25, 0.3) is 5.91 Å². The van der Waals surface area contributed by atoms with Gasteiger partial charge in [-0.25, -0.2) is 9.37 Å². The molecule has 0 atom stereocenters. The minimum absolute atomic E-state index is 0.281. The van der Waals surface area contributed by atoms with Crippen molar-refractivity contribution in [2.75, 3.05) is 0 Å². The van der Waals surface area contributed by atoms with Crippen LogP contribution in [0.2, 0.25) is 0 Å². The van der Waals surface area contributed by atoms with Crippen LogP contribution in [0.15, 0.2) is 67.0 Å². The van der Waals surface area contributed by atoms with Crippen LogP contribution in [0, 0.1) is 19.7 Å². The fourth-order valence-electron chi connectivity index (χ4n) is 3.21. The van der Waals surface area contributed by atoms with Crippen LogP contribution in [0.1, 0.15) is 27.0 Å². The molecule has 0 saturated carbocycles. The Hall–Kier alpha value is -3.60. The molecule has 2 aromatic heterocycles. The van der Waals surface area contributed by atoms with E-state index >= 15 is 0 Å². The molecule has 4 rings (SSSR count). The summed E-state index contributed by atoms with van der Waals surface area (Å²) in [7, 11) is 0. The number of aryl methyl sites for hydroxylation is 2. The maximum absolute atomic E-state index is 13.9. The number of nitrogens with zero attached hydrogens (tertiary/aromatic N) is 2. The molecule has 1 N–H and O–H groups in total. The minimum atomic E-state index is -0.403. The number of hydrogen-bond donors (Lipinski definition) is 1. The van der Waals surface area contributed by atoms with Crippen LogP contribution >= 0.6 is 0 Å². The Bertz CT molecular complexity index is 1210. The van der Waals surface area contributed by atoms with E-state index in [-0.39, 0.29) is 5.91 Å². The number of benzene rings is 2. The largest absolute Gasteiger partial charge is 0.348 e. The SMILES string of the molecule is Cc1ccc(-c2cc(C(=O)NCc3cccnc3)c3cc(F)ccc3n2)cc1C. The Morgan fingerprint density at radius 1 is 1.03 bits per heavy atom. The number of amides is 1. The second-order valence-corrected chi connectivity index (χ2v) is 7.06. The normalized spacial score (nSPS) is 10.9. The summed E-state index contributed by atoms with van der Waals surface area (Å²) in [5.74, 6) is -0.684. The van der Waals surface area contributed by atoms with Crippen molar-refractivity contribution in [2.24, 2.45) is 0 Å². The number of pyridine rings is 2. The number of hydrogen-bond acceptors (Lipinski definition) is 3. The molecule has 0 bridgehead atoms. The average Bonchev–Trinajstić information content (AvgIpc) is 2.74. The maximum Gasteiger partial charge on any atom is 0.252 e. The van der Waals surface area contributed by atoms with Crippen LogP contribution in [0.5, 0.6) is 0 Å². The second kappa shape index (κ2) is 7.80. The van der Waals surface area contributed by atoms with Crippen molar-refractivity contribution in [3.8, 4) is 11.3 Å². The van der Waals surface area contributed by atoms with Crippen molar-refractivity contribution in [1.29, 1.82) is 0 Å². The molecule has 0 unspecified atom stereocenters. The van der Waals surface area contributed by atoms with Gasteiger partial charge in [0.2, 0.25) is 0 Å². The Morgan fingerprint density at radius 2 is 1.90 bits per heavy atom. The van der Waals surface area contributed by atoms with E-state index in [9.17, 15) is 9.18 Å². The van der Waals surface area contributed by atoms with Crippen molar-refractivity contribution in [3.63, 3.8) is 0 Å². The van der Waals surface area contributed by atoms with Crippen molar-refractivity contribution < 1.29 is 9.18 Å². The molecule has 1 amide bonds. The van der Waals surface area contributed by atoms with Crippen LogP contribution in [0.4, 0.5) is 4.39 Å². The molecule has 29 heavy (non-hydrogen) atoms. The predicted molar refractivity (Wildman–Crippen MR) is 112 cm³/mol. The summed E-state index contributed by atoms with van der Waals surface area (Å²) in [5, 5.41) is 3.38. The summed E-state index contributed by atoms with van der Waals surface area (Å²) in [5.41, 5.74) is 5.79. The van der Waals surface area contributed by atoms with Crippen molar-refractivity contribution in [2.45, 2.75) is 20.4 Å². The molecule has 0 aliphatic rings. The third kappa shape index (κ3) is 3.99. The van der Waals surface area contributed by atoms with E-state index in [1.807, 2.05) is 44.2 Å². The van der Waals surface area contributed by atoms with E-state index in [1.54, 1.807) is 24.5 Å². The first-order valence-corrected chi connectivity index (χ1v) is 9.36. The van der Waals surface area contributed by atoms with Gasteiger partial charge in [0.05, 0.1) is 16.8 Å². The smallest absolute Gasteiger partial charge is 0.252 e. The first-order valence-electron chi connectivity index (χ1n) is 9.36. The standard InChI is InChI=1S/C24H20FN3O/c1-15-5-6-18(10-16(15)2)23-12-21(20-11-19(25)7-8-22(20)28-23)24(29)27-14-17-4-3-9-26-13-17/h3-13H,14H2,1-2H3,(H,27,29). The van der Waals surface area contributed by atoms with Crippen LogP contribution in [0.25, 0.3) is 22.2 Å². The summed E-state index contributed by atoms with van der Waals surface area (Å²) in [6.07, 6.45) is 3.38. The summed E-state index contributed by atoms with van der Waals surface area (Å²) in [4.78, 5) is 21.7. The predicted octanol–water partition coefficient (Wildman–Crippen LogP) is 4.98. The van der Waals surface area contributed by atoms with Gasteiger partial charge in [-0.05, 0) is 66.9 Å². The number of aromatic nitrogens is 2. The van der Waals surface area contributed by atoms with E-state index in [0.29, 0.717) is 28.7 Å². The summed E-state index contributed by atoms with van der Waals surface area (Å²) < 4.78 is 13.9. The number of fused-ring (bicyclic) bond motifs is 1. The van der Waals surface area contributed by atoms with Crippen molar-refractivity contribution in [3.05, 3.63) is 95.1 Å². The highest BCUT2D eigenvalue weighted by atomic mass is 19.1. The number of carbonyl (C=O) groups excluding carboxylic acids is 1. The highest BCUT2D eigenvalue weighted by Gasteiger charge is 2.15. The Labute approximate surface area is 168 Å². The van der Waals surface area contributed by atoms with Gasteiger partial charge in [-0.2, -0.15) is 0 Å². The Balaban J connectivity index is 1.77. The molecular formula is C24H20FN3O. The third-order valence-corrected chi connectivity index (χ3v) is 4.99. The van der Waals surface area contributed by atoms with Gasteiger partial charge in [0.15, 0.2) is 0 Å². The highest BCUT2D eigenvalue weighted by Crippen LogP contribution is 2.27. The summed E-state index contributed by atoms with van der Waals surface area (Å²) in [6, 6.07) is 15.8. The molecule has 2 aromatic carbocycles. The van der Waals surface area contributed by atoms with Gasteiger partial charge in [-0.3, -0.25) is 9.78 Å². The molecule has 0 spiro atoms. The van der Waals surface area contributed by atoms with Crippen molar-refractivity contribution >= 4 is 16.8 Å². The fraction of sp³-hybridized carbons (Fsp3) is 0.125. The minimum Gasteiger partial charge on any atom is -0.348 e. The monoisotopic (exact) mass is 385 g/mol. The highest BCUT2D eigenvalue weighted by molar-refractivity contribution is 6.07. The Morgan fingerprint density at radius 3 is 2.66 bits per heavy atom. The van der Waals surface area contributed by atoms with Crippen LogP contribution in [-0.4, -0.2) is 15.9 Å². The molecule has 144 valence electrons. The lowest BCUT2D eigenvalue weighted by Gasteiger charge is -2.12. The number of carbonyl (C=O) groups is 1. The van der Waals surface area contributed by atoms with E-state index in [1.165, 1.54) is 17.7 Å². The zero-order valence-electron chi connectivity index (χ0n) is 16.2. The van der Waals surface area contributed by atoms with Crippen LogP contribution in [-0.2, 0) is 6.54 Å². The lowest BCUT2D eigenvalue weighted by Crippen LogP contribution is -2.23. The molecule has 5 heteroatoms. The molecule has 0 fully saturated rings. The average molecular weight is 385 g/mol. The lowest BCUT2D eigenvalue weighted by atomic mass is 10.0. The summed E-state index contributed by atoms with van der Waals surface area (Å²) in [6.45, 7) is 4.43. The first kappa shape index (κ1) is 18.7. The van der Waals surface area contributed by atoms with Gasteiger partial charge < -0.3 is 5.32 Å². The zero-order chi connectivity index (χ0) is 20.4. The van der Waals surface area contributed by atoms with E-state index in [4.69, 9.17) is 0 Å². The zero-order valence-corrected chi connectivity index (χ0v) is 16.2. The molecule has 4 aromatic rings.